The van der Waals surface area contributed by atoms with Gasteiger partial charge in [0.2, 0.25) is 0 Å². The summed E-state index contributed by atoms with van der Waals surface area (Å²) in [6.07, 6.45) is 4.42. The molecule has 0 N–H and O–H groups in total. The molecule has 0 aromatic heterocycles. The Balaban J connectivity index is 2.33. The van der Waals surface area contributed by atoms with Gasteiger partial charge in [0.1, 0.15) is 0 Å². The van der Waals surface area contributed by atoms with Crippen LogP contribution in [0.4, 0.5) is 0 Å². The Kier molecular flexibility index (Phi) is 1.36. The quantitative estimate of drug-likeness (QED) is 0.436. The molecule has 1 aliphatic carbocycles. The Morgan fingerprint density at radius 1 is 1.00 bits per heavy atom. The van der Waals surface area contributed by atoms with Crippen LogP contribution in [0.5, 0.6) is 0 Å². The van der Waals surface area contributed by atoms with Crippen LogP contribution >= 0.6 is 0 Å². The van der Waals surface area contributed by atoms with Gasteiger partial charge in [-0.2, -0.15) is 0 Å². The van der Waals surface area contributed by atoms with Crippen LogP contribution in [-0.2, 0) is 0 Å². The molecular formula is C7H14. The lowest BCUT2D eigenvalue weighted by Crippen LogP contribution is -1.95. The molecule has 0 amide bonds. The lowest BCUT2D eigenvalue weighted by Gasteiger charge is -2.05. The number of rotatable bonds is 0. The highest BCUT2D eigenvalue weighted by atomic mass is 14.2. The van der Waals surface area contributed by atoms with E-state index in [4.69, 9.17) is 0 Å². The van der Waals surface area contributed by atoms with E-state index in [1.807, 2.05) is 0 Å². The van der Waals surface area contributed by atoms with Crippen LogP contribution in [0.3, 0.4) is 0 Å². The van der Waals surface area contributed by atoms with Crippen LogP contribution in [-0.4, -0.2) is 0 Å². The molecule has 0 aliphatic heterocycles. The van der Waals surface area contributed by atoms with Crippen molar-refractivity contribution in [3.05, 3.63) is 0 Å². The first-order valence-corrected chi connectivity index (χ1v) is 3.30. The maximum Gasteiger partial charge on any atom is -0.0417 e. The molecule has 0 aromatic rings. The van der Waals surface area contributed by atoms with Gasteiger partial charge >= 0.3 is 0 Å². The van der Waals surface area contributed by atoms with Crippen molar-refractivity contribution in [2.45, 2.75) is 33.1 Å². The van der Waals surface area contributed by atoms with E-state index in [0.717, 1.165) is 11.8 Å². The predicted molar refractivity (Wildman–Crippen MR) is 32.2 cm³/mol. The van der Waals surface area contributed by atoms with E-state index in [9.17, 15) is 0 Å². The fourth-order valence-corrected chi connectivity index (χ4v) is 1.33. The highest BCUT2D eigenvalue weighted by molar-refractivity contribution is 4.69. The average Bonchev–Trinajstić information content (AvgIpc) is 1.91. The highest BCUT2D eigenvalue weighted by Gasteiger charge is 2.17. The summed E-state index contributed by atoms with van der Waals surface area (Å²) < 4.78 is 0. The highest BCUT2D eigenvalue weighted by Crippen LogP contribution is 2.29. The van der Waals surface area contributed by atoms with E-state index >= 15 is 0 Å². The van der Waals surface area contributed by atoms with Crippen molar-refractivity contribution < 1.29 is 0 Å². The second-order valence-electron chi connectivity index (χ2n) is 2.89. The molecule has 0 aromatic carbocycles. The Morgan fingerprint density at radius 3 is 1.57 bits per heavy atom. The third kappa shape index (κ3) is 0.960. The third-order valence-electron chi connectivity index (χ3n) is 2.29. The summed E-state index contributed by atoms with van der Waals surface area (Å²) >= 11 is 0. The van der Waals surface area contributed by atoms with E-state index < -0.39 is 0 Å². The van der Waals surface area contributed by atoms with Crippen LogP contribution in [0, 0.1) is 11.8 Å². The fraction of sp³-hybridized carbons (Fsp3) is 1.00. The van der Waals surface area contributed by atoms with Crippen molar-refractivity contribution in [3.63, 3.8) is 0 Å². The largest absolute Gasteiger partial charge is 0.0623 e. The molecule has 0 bridgehead atoms. The van der Waals surface area contributed by atoms with E-state index in [0.29, 0.717) is 0 Å². The molecule has 42 valence electrons. The molecule has 0 unspecified atom stereocenters. The van der Waals surface area contributed by atoms with Gasteiger partial charge in [-0.3, -0.25) is 0 Å². The van der Waals surface area contributed by atoms with Gasteiger partial charge in [0.25, 0.3) is 0 Å². The van der Waals surface area contributed by atoms with Crippen LogP contribution < -0.4 is 0 Å². The smallest absolute Gasteiger partial charge is 0.0417 e. The minimum Gasteiger partial charge on any atom is -0.0623 e. The monoisotopic (exact) mass is 98.1 g/mol. The van der Waals surface area contributed by atoms with Gasteiger partial charge in [0.15, 0.2) is 0 Å². The van der Waals surface area contributed by atoms with E-state index in [1.54, 1.807) is 0 Å². The lowest BCUT2D eigenvalue weighted by atomic mass is 10.0. The molecule has 0 radical (unpaired) electrons. The molecule has 1 fully saturated rings. The molecule has 2 atom stereocenters. The lowest BCUT2D eigenvalue weighted by molar-refractivity contribution is 0.457. The fourth-order valence-electron chi connectivity index (χ4n) is 1.33. The van der Waals surface area contributed by atoms with Crippen molar-refractivity contribution in [2.75, 3.05) is 0 Å². The second-order valence-corrected chi connectivity index (χ2v) is 2.89. The zero-order valence-corrected chi connectivity index (χ0v) is 5.28. The molecule has 1 rings (SSSR count). The predicted octanol–water partition coefficient (Wildman–Crippen LogP) is 2.44. The molecule has 0 nitrogen and oxygen atoms in total. The summed E-state index contributed by atoms with van der Waals surface area (Å²) in [5.74, 6) is 2.03. The third-order valence-corrected chi connectivity index (χ3v) is 2.29. The Hall–Kier alpha value is 0. The molecular weight excluding hydrogens is 84.1 g/mol. The van der Waals surface area contributed by atoms with Gasteiger partial charge in [-0.1, -0.05) is 33.1 Å². The summed E-state index contributed by atoms with van der Waals surface area (Å²) in [5.41, 5.74) is 0. The average molecular weight is 98.2 g/mol. The van der Waals surface area contributed by atoms with Crippen molar-refractivity contribution in [1.82, 2.24) is 0 Å². The van der Waals surface area contributed by atoms with Gasteiger partial charge in [0.05, 0.1) is 0 Å². The topological polar surface area (TPSA) is 0 Å². The van der Waals surface area contributed by atoms with Gasteiger partial charge < -0.3 is 0 Å². The van der Waals surface area contributed by atoms with Crippen molar-refractivity contribution in [2.24, 2.45) is 11.8 Å². The maximum atomic E-state index is 2.36. The van der Waals surface area contributed by atoms with Crippen LogP contribution in [0.25, 0.3) is 0 Å². The first-order chi connectivity index (χ1) is 3.30. The number of hydrogen-bond acceptors (Lipinski definition) is 0. The van der Waals surface area contributed by atoms with Crippen molar-refractivity contribution in [1.29, 1.82) is 0 Å². The van der Waals surface area contributed by atoms with Crippen LogP contribution in [0.2, 0.25) is 0 Å². The summed E-state index contributed by atoms with van der Waals surface area (Å²) in [6, 6.07) is 0. The number of hydrogen-bond donors (Lipinski definition) is 0. The normalized spacial score (nSPS) is 42.0. The van der Waals surface area contributed by atoms with Gasteiger partial charge in [-0.25, -0.2) is 0 Å². The Labute approximate surface area is 45.9 Å². The Morgan fingerprint density at radius 2 is 1.43 bits per heavy atom. The standard InChI is InChI=1S/C7H14/c1-6-4-3-5-7(6)2/h6-7H,3-5H2,1-2H3/t6-,7+. The minimum atomic E-state index is 1.01. The van der Waals surface area contributed by atoms with Gasteiger partial charge in [-0.05, 0) is 11.8 Å². The van der Waals surface area contributed by atoms with E-state index in [1.165, 1.54) is 19.3 Å². The van der Waals surface area contributed by atoms with Crippen LogP contribution in [0.15, 0.2) is 0 Å². The van der Waals surface area contributed by atoms with Crippen molar-refractivity contribution in [3.8, 4) is 0 Å². The molecule has 0 heteroatoms. The molecule has 1 aliphatic rings. The summed E-state index contributed by atoms with van der Waals surface area (Å²) in [7, 11) is 0. The molecule has 7 heavy (non-hydrogen) atoms. The van der Waals surface area contributed by atoms with E-state index in [2.05, 4.69) is 13.8 Å². The zero-order valence-electron chi connectivity index (χ0n) is 5.28. The zero-order chi connectivity index (χ0) is 5.28. The second kappa shape index (κ2) is 1.85. The van der Waals surface area contributed by atoms with Crippen molar-refractivity contribution >= 4 is 0 Å². The first-order valence-electron chi connectivity index (χ1n) is 3.30. The van der Waals surface area contributed by atoms with Gasteiger partial charge in [-0.15, -0.1) is 0 Å². The molecule has 0 heterocycles. The summed E-state index contributed by atoms with van der Waals surface area (Å²) in [6.45, 7) is 4.72. The SMILES string of the molecule is C[C@@H]1CCC[C@@H]1C. The molecule has 0 saturated heterocycles. The van der Waals surface area contributed by atoms with Gasteiger partial charge in [0, 0.05) is 0 Å². The van der Waals surface area contributed by atoms with Crippen LogP contribution in [0.1, 0.15) is 33.1 Å². The first kappa shape index (κ1) is 5.14. The summed E-state index contributed by atoms with van der Waals surface area (Å²) in [5, 5.41) is 0. The van der Waals surface area contributed by atoms with E-state index in [-0.39, 0.29) is 0 Å². The maximum absolute atomic E-state index is 2.36. The molecule has 0 spiro atoms. The summed E-state index contributed by atoms with van der Waals surface area (Å²) in [4.78, 5) is 0. The molecule has 1 saturated carbocycles. The Bertz CT molecular complexity index is 49.1. The minimum absolute atomic E-state index is 1.01.